The van der Waals surface area contributed by atoms with E-state index in [1.54, 1.807) is 12.4 Å². The maximum Gasteiger partial charge on any atom is 0.139 e. The second-order valence-electron chi connectivity index (χ2n) is 5.53. The average molecular weight is 349 g/mol. The molecule has 0 saturated carbocycles. The molecule has 0 amide bonds. The minimum Gasteiger partial charge on any atom is -0.376 e. The molecule has 0 spiro atoms. The molecule has 4 heterocycles. The van der Waals surface area contributed by atoms with Crippen molar-refractivity contribution in [3.8, 4) is 11.3 Å². The number of aromatic nitrogens is 3. The Morgan fingerprint density at radius 2 is 2.14 bits per heavy atom. The summed E-state index contributed by atoms with van der Waals surface area (Å²) in [5, 5.41) is 8.30. The Balaban J connectivity index is 1.76. The molecule has 0 bridgehead atoms. The van der Waals surface area contributed by atoms with Crippen LogP contribution in [-0.4, -0.2) is 34.0 Å². The number of halogens is 1. The Morgan fingerprint density at radius 3 is 2.90 bits per heavy atom. The van der Waals surface area contributed by atoms with Crippen molar-refractivity contribution in [3.63, 3.8) is 0 Å². The van der Waals surface area contributed by atoms with Crippen molar-refractivity contribution in [3.05, 3.63) is 29.0 Å². The van der Waals surface area contributed by atoms with Crippen LogP contribution in [0.5, 0.6) is 0 Å². The summed E-state index contributed by atoms with van der Waals surface area (Å²) >= 11 is 3.70. The van der Waals surface area contributed by atoms with E-state index in [0.717, 1.165) is 54.0 Å². The monoisotopic (exact) mass is 348 g/mol. The SMILES string of the molecule is Brc1c(-c2ccncc2)nn2c1NCCC2C1CCCO1. The standard InChI is InChI=1S/C15H17BrN4O/c16-13-14(10-3-6-17-7-4-10)19-20-11(5-8-18-15(13)20)12-2-1-9-21-12/h3-4,6-7,11-12,18H,1-2,5,8-9H2. The number of rotatable bonds is 2. The van der Waals surface area contributed by atoms with Crippen LogP contribution in [0.4, 0.5) is 5.82 Å². The average Bonchev–Trinajstić information content (AvgIpc) is 3.17. The summed E-state index contributed by atoms with van der Waals surface area (Å²) in [6.07, 6.45) is 7.23. The highest BCUT2D eigenvalue weighted by Crippen LogP contribution is 2.40. The molecule has 2 aliphatic rings. The summed E-state index contributed by atoms with van der Waals surface area (Å²) < 4.78 is 9.03. The quantitative estimate of drug-likeness (QED) is 0.904. The largest absolute Gasteiger partial charge is 0.376 e. The first-order valence-electron chi connectivity index (χ1n) is 7.38. The molecule has 1 saturated heterocycles. The van der Waals surface area contributed by atoms with Crippen LogP contribution in [0, 0.1) is 0 Å². The molecule has 1 N–H and O–H groups in total. The first kappa shape index (κ1) is 13.3. The van der Waals surface area contributed by atoms with E-state index in [-0.39, 0.29) is 0 Å². The van der Waals surface area contributed by atoms with Gasteiger partial charge in [0.25, 0.3) is 0 Å². The number of nitrogens with one attached hydrogen (secondary N) is 1. The minimum absolute atomic E-state index is 0.294. The molecule has 2 aromatic rings. The Kier molecular flexibility index (Phi) is 3.43. The third-order valence-electron chi connectivity index (χ3n) is 4.25. The molecule has 2 aliphatic heterocycles. The molecule has 0 radical (unpaired) electrons. The predicted molar refractivity (Wildman–Crippen MR) is 84.3 cm³/mol. The van der Waals surface area contributed by atoms with E-state index in [9.17, 15) is 0 Å². The minimum atomic E-state index is 0.294. The third kappa shape index (κ3) is 2.26. The summed E-state index contributed by atoms with van der Waals surface area (Å²) in [6.45, 7) is 1.84. The second kappa shape index (κ2) is 5.42. The molecule has 110 valence electrons. The van der Waals surface area contributed by atoms with Crippen molar-refractivity contribution in [2.45, 2.75) is 31.4 Å². The van der Waals surface area contributed by atoms with Crippen LogP contribution in [0.2, 0.25) is 0 Å². The molecule has 2 atom stereocenters. The van der Waals surface area contributed by atoms with Crippen LogP contribution in [0.15, 0.2) is 29.0 Å². The summed E-state index contributed by atoms with van der Waals surface area (Å²) in [4.78, 5) is 4.07. The zero-order valence-corrected chi connectivity index (χ0v) is 13.2. The number of pyridine rings is 1. The van der Waals surface area contributed by atoms with E-state index in [2.05, 4.69) is 30.9 Å². The number of hydrogen-bond acceptors (Lipinski definition) is 4. The molecular weight excluding hydrogens is 332 g/mol. The molecule has 4 rings (SSSR count). The van der Waals surface area contributed by atoms with E-state index >= 15 is 0 Å². The van der Waals surface area contributed by atoms with Crippen molar-refractivity contribution in [2.24, 2.45) is 0 Å². The van der Waals surface area contributed by atoms with E-state index in [1.807, 2.05) is 12.1 Å². The van der Waals surface area contributed by atoms with Crippen molar-refractivity contribution < 1.29 is 4.74 Å². The molecule has 1 fully saturated rings. The van der Waals surface area contributed by atoms with Gasteiger partial charge < -0.3 is 10.1 Å². The fraction of sp³-hybridized carbons (Fsp3) is 0.467. The molecule has 2 aromatic heterocycles. The lowest BCUT2D eigenvalue weighted by Gasteiger charge is -2.29. The smallest absolute Gasteiger partial charge is 0.139 e. The fourth-order valence-corrected chi connectivity index (χ4v) is 3.85. The van der Waals surface area contributed by atoms with Gasteiger partial charge >= 0.3 is 0 Å². The maximum atomic E-state index is 5.89. The lowest BCUT2D eigenvalue weighted by Crippen LogP contribution is -2.31. The molecule has 21 heavy (non-hydrogen) atoms. The van der Waals surface area contributed by atoms with Crippen LogP contribution in [-0.2, 0) is 4.74 Å². The van der Waals surface area contributed by atoms with Crippen molar-refractivity contribution in [2.75, 3.05) is 18.5 Å². The van der Waals surface area contributed by atoms with Gasteiger partial charge in [-0.25, -0.2) is 4.68 Å². The number of fused-ring (bicyclic) bond motifs is 1. The molecule has 6 heteroatoms. The lowest BCUT2D eigenvalue weighted by atomic mass is 10.0. The number of nitrogens with zero attached hydrogens (tertiary/aromatic N) is 3. The Hall–Kier alpha value is -1.40. The van der Waals surface area contributed by atoms with Crippen molar-refractivity contribution >= 4 is 21.7 Å². The molecule has 5 nitrogen and oxygen atoms in total. The summed E-state index contributed by atoms with van der Waals surface area (Å²) in [7, 11) is 0. The normalized spacial score (nSPS) is 24.6. The topological polar surface area (TPSA) is 52.0 Å². The highest BCUT2D eigenvalue weighted by atomic mass is 79.9. The number of ether oxygens (including phenoxy) is 1. The van der Waals surface area contributed by atoms with Crippen LogP contribution < -0.4 is 5.32 Å². The maximum absolute atomic E-state index is 5.89. The molecule has 2 unspecified atom stereocenters. The summed E-state index contributed by atoms with van der Waals surface area (Å²) in [6, 6.07) is 4.30. The molecular formula is C15H17BrN4O. The van der Waals surface area contributed by atoms with Gasteiger partial charge in [-0.3, -0.25) is 4.98 Å². The Labute approximate surface area is 131 Å². The molecule has 0 aromatic carbocycles. The van der Waals surface area contributed by atoms with E-state index in [1.165, 1.54) is 0 Å². The highest BCUT2D eigenvalue weighted by molar-refractivity contribution is 9.10. The fourth-order valence-electron chi connectivity index (χ4n) is 3.22. The van der Waals surface area contributed by atoms with Crippen molar-refractivity contribution in [1.29, 1.82) is 0 Å². The van der Waals surface area contributed by atoms with Gasteiger partial charge in [0.05, 0.1) is 16.6 Å². The van der Waals surface area contributed by atoms with E-state index in [0.29, 0.717) is 12.1 Å². The van der Waals surface area contributed by atoms with Gasteiger partial charge in [0.2, 0.25) is 0 Å². The number of anilines is 1. The first-order valence-corrected chi connectivity index (χ1v) is 8.18. The van der Waals surface area contributed by atoms with Crippen LogP contribution >= 0.6 is 15.9 Å². The summed E-state index contributed by atoms with van der Waals surface area (Å²) in [5.41, 5.74) is 2.04. The Bertz CT molecular complexity index is 637. The zero-order chi connectivity index (χ0) is 14.2. The highest BCUT2D eigenvalue weighted by Gasteiger charge is 2.33. The predicted octanol–water partition coefficient (Wildman–Crippen LogP) is 3.24. The summed E-state index contributed by atoms with van der Waals surface area (Å²) in [5.74, 6) is 1.06. The number of hydrogen-bond donors (Lipinski definition) is 1. The van der Waals surface area contributed by atoms with Gasteiger partial charge in [0.15, 0.2) is 0 Å². The van der Waals surface area contributed by atoms with E-state index < -0.39 is 0 Å². The van der Waals surface area contributed by atoms with Crippen LogP contribution in [0.3, 0.4) is 0 Å². The Morgan fingerprint density at radius 1 is 1.29 bits per heavy atom. The van der Waals surface area contributed by atoms with Gasteiger partial charge in [-0.05, 0) is 47.3 Å². The lowest BCUT2D eigenvalue weighted by molar-refractivity contribution is 0.0592. The van der Waals surface area contributed by atoms with Gasteiger partial charge in [-0.1, -0.05) is 0 Å². The second-order valence-corrected chi connectivity index (χ2v) is 6.32. The first-order chi connectivity index (χ1) is 10.3. The third-order valence-corrected chi connectivity index (χ3v) is 5.00. The van der Waals surface area contributed by atoms with Crippen molar-refractivity contribution in [1.82, 2.24) is 14.8 Å². The van der Waals surface area contributed by atoms with Gasteiger partial charge in [0, 0.05) is 31.1 Å². The van der Waals surface area contributed by atoms with Gasteiger partial charge in [-0.2, -0.15) is 5.10 Å². The van der Waals surface area contributed by atoms with Gasteiger partial charge in [0.1, 0.15) is 11.5 Å². The van der Waals surface area contributed by atoms with E-state index in [4.69, 9.17) is 9.84 Å². The zero-order valence-electron chi connectivity index (χ0n) is 11.6. The van der Waals surface area contributed by atoms with Gasteiger partial charge in [-0.15, -0.1) is 0 Å². The van der Waals surface area contributed by atoms with Crippen LogP contribution in [0.25, 0.3) is 11.3 Å². The molecule has 0 aliphatic carbocycles. The van der Waals surface area contributed by atoms with Crippen LogP contribution in [0.1, 0.15) is 25.3 Å².